The van der Waals surface area contributed by atoms with E-state index in [2.05, 4.69) is 29.0 Å². The van der Waals surface area contributed by atoms with E-state index in [9.17, 15) is 4.79 Å². The first kappa shape index (κ1) is 24.0. The Morgan fingerprint density at radius 2 is 1.82 bits per heavy atom. The second-order valence-corrected chi connectivity index (χ2v) is 9.16. The molecule has 1 aliphatic heterocycles. The van der Waals surface area contributed by atoms with Crippen LogP contribution >= 0.6 is 11.8 Å². The van der Waals surface area contributed by atoms with Gasteiger partial charge in [0.1, 0.15) is 5.75 Å². The number of nitrogens with zero attached hydrogens (tertiary/aromatic N) is 4. The summed E-state index contributed by atoms with van der Waals surface area (Å²) in [6, 6.07) is 15.3. The van der Waals surface area contributed by atoms with E-state index in [0.29, 0.717) is 29.0 Å². The summed E-state index contributed by atoms with van der Waals surface area (Å²) in [5, 5.41) is 9.35. The van der Waals surface area contributed by atoms with Gasteiger partial charge in [-0.2, -0.15) is 4.98 Å². The molecule has 0 radical (unpaired) electrons. The van der Waals surface area contributed by atoms with Gasteiger partial charge in [-0.25, -0.2) is 0 Å². The van der Waals surface area contributed by atoms with Crippen molar-refractivity contribution >= 4 is 23.4 Å². The number of fused-ring (bicyclic) bond motifs is 3. The van der Waals surface area contributed by atoms with E-state index in [1.807, 2.05) is 48.5 Å². The largest absolute Gasteiger partial charge is 0.494 e. The number of unbranched alkanes of at least 4 members (excludes halogenated alkanes) is 2. The molecular weight excluding hydrogens is 448 g/mol. The molecule has 0 bridgehead atoms. The Labute approximate surface area is 204 Å². The molecule has 0 aliphatic carbocycles. The molecule has 0 N–H and O–H groups in total. The van der Waals surface area contributed by atoms with Crippen LogP contribution in [0.5, 0.6) is 11.6 Å². The summed E-state index contributed by atoms with van der Waals surface area (Å²) < 4.78 is 12.2. The number of ether oxygens (including phenoxy) is 2. The highest BCUT2D eigenvalue weighted by Crippen LogP contribution is 2.43. The number of thioether (sulfide) groups is 1. The van der Waals surface area contributed by atoms with E-state index in [1.54, 1.807) is 16.7 Å². The zero-order valence-electron chi connectivity index (χ0n) is 19.9. The summed E-state index contributed by atoms with van der Waals surface area (Å²) in [4.78, 5) is 19.2. The third-order valence-electron chi connectivity index (χ3n) is 5.51. The van der Waals surface area contributed by atoms with Crippen LogP contribution in [0, 0.1) is 0 Å². The van der Waals surface area contributed by atoms with E-state index in [1.165, 1.54) is 6.92 Å². The number of carbonyl (C=O) groups is 1. The summed E-state index contributed by atoms with van der Waals surface area (Å²) >= 11 is 1.56. The molecule has 34 heavy (non-hydrogen) atoms. The summed E-state index contributed by atoms with van der Waals surface area (Å²) in [6.45, 7) is 6.50. The van der Waals surface area contributed by atoms with Crippen LogP contribution in [0.15, 0.2) is 53.7 Å². The van der Waals surface area contributed by atoms with Gasteiger partial charge in [-0.1, -0.05) is 56.7 Å². The van der Waals surface area contributed by atoms with E-state index >= 15 is 0 Å². The maximum absolute atomic E-state index is 12.9. The first-order valence-electron chi connectivity index (χ1n) is 11.8. The zero-order chi connectivity index (χ0) is 23.9. The zero-order valence-corrected chi connectivity index (χ0v) is 20.7. The molecule has 1 aliphatic rings. The fraction of sp³-hybridized carbons (Fsp3) is 0.385. The minimum absolute atomic E-state index is 0.140. The molecule has 0 unspecified atom stereocenters. The number of aromatic nitrogens is 3. The Morgan fingerprint density at radius 3 is 2.56 bits per heavy atom. The summed E-state index contributed by atoms with van der Waals surface area (Å²) in [7, 11) is 0. The normalized spacial score (nSPS) is 14.6. The predicted octanol–water partition coefficient (Wildman–Crippen LogP) is 6.05. The molecule has 7 nitrogen and oxygen atoms in total. The molecule has 0 spiro atoms. The third kappa shape index (κ3) is 5.33. The van der Waals surface area contributed by atoms with Crippen molar-refractivity contribution in [1.29, 1.82) is 0 Å². The maximum Gasteiger partial charge on any atom is 0.247 e. The van der Waals surface area contributed by atoms with Crippen LogP contribution in [-0.4, -0.2) is 33.4 Å². The molecule has 0 saturated heterocycles. The molecule has 178 valence electrons. The molecule has 1 aromatic heterocycles. The van der Waals surface area contributed by atoms with Gasteiger partial charge in [-0.05, 0) is 43.2 Å². The Hall–Kier alpha value is -3.13. The molecule has 4 rings (SSSR count). The average molecular weight is 479 g/mol. The number of para-hydroxylation sites is 1. The fourth-order valence-electron chi connectivity index (χ4n) is 3.70. The molecule has 0 fully saturated rings. The van der Waals surface area contributed by atoms with E-state index in [4.69, 9.17) is 9.47 Å². The van der Waals surface area contributed by atoms with Crippen molar-refractivity contribution < 1.29 is 14.3 Å². The highest BCUT2D eigenvalue weighted by Gasteiger charge is 2.34. The molecule has 2 aromatic carbocycles. The van der Waals surface area contributed by atoms with Crippen molar-refractivity contribution in [2.75, 3.05) is 17.3 Å². The van der Waals surface area contributed by atoms with Crippen LogP contribution < -0.4 is 14.4 Å². The molecule has 3 aromatic rings. The Bertz CT molecular complexity index is 1120. The van der Waals surface area contributed by atoms with Crippen LogP contribution in [0.2, 0.25) is 0 Å². The standard InChI is InChI=1S/C26H30N4O3S/c1-4-6-16-32-20-14-12-19(13-15-20)25-30(18(3)31)22-11-9-8-10-21(22)23-24(33-25)27-26(29-28-23)34-17-7-5-2/h8-15,25H,4-7,16-17H2,1-3H3/t25-/m1/s1. The summed E-state index contributed by atoms with van der Waals surface area (Å²) in [5.74, 6) is 1.94. The van der Waals surface area contributed by atoms with Gasteiger partial charge in [0.25, 0.3) is 0 Å². The van der Waals surface area contributed by atoms with Gasteiger partial charge < -0.3 is 9.47 Å². The van der Waals surface area contributed by atoms with Gasteiger partial charge in [0, 0.05) is 23.8 Å². The quantitative estimate of drug-likeness (QED) is 0.273. The summed E-state index contributed by atoms with van der Waals surface area (Å²) in [5.41, 5.74) is 2.83. The first-order valence-corrected chi connectivity index (χ1v) is 12.8. The number of carbonyl (C=O) groups excluding carboxylic acids is 1. The fourth-order valence-corrected chi connectivity index (χ4v) is 4.56. The van der Waals surface area contributed by atoms with Crippen molar-refractivity contribution in [2.24, 2.45) is 0 Å². The van der Waals surface area contributed by atoms with Gasteiger partial charge in [0.05, 0.1) is 12.3 Å². The van der Waals surface area contributed by atoms with Crippen LogP contribution in [-0.2, 0) is 4.79 Å². The van der Waals surface area contributed by atoms with E-state index in [0.717, 1.165) is 48.3 Å². The lowest BCUT2D eigenvalue weighted by Gasteiger charge is -2.30. The van der Waals surface area contributed by atoms with Crippen LogP contribution in [0.3, 0.4) is 0 Å². The molecule has 8 heteroatoms. The van der Waals surface area contributed by atoms with Crippen molar-refractivity contribution in [3.05, 3.63) is 54.1 Å². The van der Waals surface area contributed by atoms with Gasteiger partial charge in [0.15, 0.2) is 5.69 Å². The number of benzene rings is 2. The van der Waals surface area contributed by atoms with Gasteiger partial charge in [0.2, 0.25) is 23.2 Å². The minimum atomic E-state index is -0.699. The topological polar surface area (TPSA) is 77.4 Å². The second-order valence-electron chi connectivity index (χ2n) is 8.10. The number of hydrogen-bond acceptors (Lipinski definition) is 7. The Kier molecular flexibility index (Phi) is 8.00. The minimum Gasteiger partial charge on any atom is -0.494 e. The SMILES string of the molecule is CCCCOc1ccc([C@H]2Oc3nc(SCCCC)nnc3-c3ccccc3N2C(C)=O)cc1. The summed E-state index contributed by atoms with van der Waals surface area (Å²) in [6.07, 6.45) is 3.56. The highest BCUT2D eigenvalue weighted by atomic mass is 32.2. The lowest BCUT2D eigenvalue weighted by molar-refractivity contribution is -0.118. The Morgan fingerprint density at radius 1 is 1.06 bits per heavy atom. The second kappa shape index (κ2) is 11.3. The van der Waals surface area contributed by atoms with Crippen LogP contribution in [0.4, 0.5) is 5.69 Å². The van der Waals surface area contributed by atoms with E-state index in [-0.39, 0.29) is 5.91 Å². The van der Waals surface area contributed by atoms with Crippen LogP contribution in [0.1, 0.15) is 58.2 Å². The average Bonchev–Trinajstić information content (AvgIpc) is 2.99. The number of anilines is 1. The van der Waals surface area contributed by atoms with Crippen molar-refractivity contribution in [2.45, 2.75) is 57.8 Å². The number of rotatable bonds is 9. The van der Waals surface area contributed by atoms with Crippen LogP contribution in [0.25, 0.3) is 11.3 Å². The monoisotopic (exact) mass is 478 g/mol. The van der Waals surface area contributed by atoms with Crippen molar-refractivity contribution in [1.82, 2.24) is 15.2 Å². The number of hydrogen-bond donors (Lipinski definition) is 0. The molecule has 1 atom stereocenters. The lowest BCUT2D eigenvalue weighted by atomic mass is 10.1. The smallest absolute Gasteiger partial charge is 0.247 e. The first-order chi connectivity index (χ1) is 16.6. The third-order valence-corrected chi connectivity index (χ3v) is 6.44. The molecular formula is C26H30N4O3S. The Balaban J connectivity index is 1.73. The lowest BCUT2D eigenvalue weighted by Crippen LogP contribution is -2.36. The van der Waals surface area contributed by atoms with Gasteiger partial charge in [-0.15, -0.1) is 10.2 Å². The predicted molar refractivity (Wildman–Crippen MR) is 134 cm³/mol. The van der Waals surface area contributed by atoms with Gasteiger partial charge >= 0.3 is 0 Å². The molecule has 2 heterocycles. The maximum atomic E-state index is 12.9. The molecule has 1 amide bonds. The highest BCUT2D eigenvalue weighted by molar-refractivity contribution is 7.99. The molecule has 0 saturated carbocycles. The van der Waals surface area contributed by atoms with E-state index < -0.39 is 6.23 Å². The number of amides is 1. The van der Waals surface area contributed by atoms with Crippen molar-refractivity contribution in [3.63, 3.8) is 0 Å². The van der Waals surface area contributed by atoms with Crippen molar-refractivity contribution in [3.8, 4) is 22.9 Å². The van der Waals surface area contributed by atoms with Gasteiger partial charge in [-0.3, -0.25) is 9.69 Å².